The number of fused-ring (bicyclic) bond motifs is 1. The van der Waals surface area contributed by atoms with Crippen LogP contribution in [-0.2, 0) is 24.8 Å². The summed E-state index contributed by atoms with van der Waals surface area (Å²) in [5, 5.41) is 8.02. The highest BCUT2D eigenvalue weighted by Gasteiger charge is 2.16. The van der Waals surface area contributed by atoms with Gasteiger partial charge < -0.3 is 5.32 Å². The molecule has 0 aliphatic heterocycles. The third-order valence-electron chi connectivity index (χ3n) is 4.97. The van der Waals surface area contributed by atoms with E-state index in [1.807, 2.05) is 18.2 Å². The number of aromatic nitrogens is 3. The molecule has 0 spiro atoms. The molecule has 0 radical (unpaired) electrons. The normalized spacial score (nSPS) is 11.3. The average Bonchev–Trinajstić information content (AvgIpc) is 3.30. The van der Waals surface area contributed by atoms with Crippen molar-refractivity contribution < 1.29 is 21.6 Å². The number of hydrogen-bond acceptors (Lipinski definition) is 9. The molecule has 39 heavy (non-hydrogen) atoms. The van der Waals surface area contributed by atoms with E-state index in [1.165, 1.54) is 48.7 Å². The summed E-state index contributed by atoms with van der Waals surface area (Å²) >= 11 is 1.35. The molecule has 4 N–H and O–H groups in total. The lowest BCUT2D eigenvalue weighted by molar-refractivity contribution is -0.114. The maximum atomic E-state index is 12.5. The summed E-state index contributed by atoms with van der Waals surface area (Å²) in [5.74, 6) is -0.204. The van der Waals surface area contributed by atoms with E-state index in [0.717, 1.165) is 15.8 Å². The summed E-state index contributed by atoms with van der Waals surface area (Å²) in [6.45, 7) is 1.43. The Morgan fingerprint density at radius 1 is 0.846 bits per heavy atom. The lowest BCUT2D eigenvalue weighted by Crippen LogP contribution is -2.15. The van der Waals surface area contributed by atoms with E-state index >= 15 is 0 Å². The highest BCUT2D eigenvalue weighted by molar-refractivity contribution is 7.92. The van der Waals surface area contributed by atoms with E-state index < -0.39 is 20.0 Å². The van der Waals surface area contributed by atoms with Crippen LogP contribution in [0.3, 0.4) is 0 Å². The minimum absolute atomic E-state index is 0.0188. The van der Waals surface area contributed by atoms with Crippen molar-refractivity contribution in [2.75, 3.05) is 10.0 Å². The predicted octanol–water partition coefficient (Wildman–Crippen LogP) is 3.85. The number of primary sulfonamides is 1. The molecule has 3 aromatic carbocycles. The second-order valence-electron chi connectivity index (χ2n) is 7.92. The minimum atomic E-state index is -3.78. The summed E-state index contributed by atoms with van der Waals surface area (Å²) in [4.78, 5) is 24.2. The van der Waals surface area contributed by atoms with Gasteiger partial charge in [0.1, 0.15) is 0 Å². The molecule has 0 saturated heterocycles. The average molecular weight is 583 g/mol. The van der Waals surface area contributed by atoms with Crippen LogP contribution < -0.4 is 15.2 Å². The number of carbonyl (C=O) groups excluding carboxylic acids is 1. The molecular formula is C25H22N6O5S3. The van der Waals surface area contributed by atoms with Gasteiger partial charge in [-0.15, -0.1) is 0 Å². The highest BCUT2D eigenvalue weighted by Crippen LogP contribution is 2.30. The number of rotatable bonds is 6. The van der Waals surface area contributed by atoms with Gasteiger partial charge in [-0.2, -0.15) is 0 Å². The van der Waals surface area contributed by atoms with Crippen LogP contribution in [0.4, 0.5) is 11.1 Å². The van der Waals surface area contributed by atoms with E-state index in [-0.39, 0.29) is 21.6 Å². The van der Waals surface area contributed by atoms with Crippen molar-refractivity contribution in [2.24, 2.45) is 5.14 Å². The van der Waals surface area contributed by atoms with Crippen LogP contribution in [0.25, 0.3) is 21.5 Å². The minimum Gasteiger partial charge on any atom is -0.302 e. The van der Waals surface area contributed by atoms with Gasteiger partial charge in [0.15, 0.2) is 5.13 Å². The number of nitrogens with zero attached hydrogens (tertiary/aromatic N) is 3. The lowest BCUT2D eigenvalue weighted by Gasteiger charge is -2.08. The first-order valence-electron chi connectivity index (χ1n) is 11.2. The van der Waals surface area contributed by atoms with Gasteiger partial charge in [-0.3, -0.25) is 4.79 Å². The molecule has 0 fully saturated rings. The third-order valence-corrected chi connectivity index (χ3v) is 8.18. The van der Waals surface area contributed by atoms with Crippen molar-refractivity contribution in [1.29, 1.82) is 0 Å². The summed E-state index contributed by atoms with van der Waals surface area (Å²) in [5.41, 5.74) is 2.08. The van der Waals surface area contributed by atoms with Gasteiger partial charge in [0.2, 0.25) is 21.9 Å². The number of anilines is 2. The number of amides is 1. The largest absolute Gasteiger partial charge is 0.302 e. The molecule has 14 heteroatoms. The second kappa shape index (κ2) is 11.7. The zero-order chi connectivity index (χ0) is 28.0. The Labute approximate surface area is 228 Å². The van der Waals surface area contributed by atoms with Crippen LogP contribution in [0, 0.1) is 0 Å². The summed E-state index contributed by atoms with van der Waals surface area (Å²) in [6, 6.07) is 23.1. The van der Waals surface area contributed by atoms with E-state index in [1.54, 1.807) is 42.5 Å². The standard InChI is InChI=1S/C19H15N5O3S2.C6H7NO2S/c1-12(25)21-19-23-16-8-7-13(11-17(16)28-19)15-9-10-20-18(22-15)24-29(26,27)14-5-3-2-4-6-14;7-10(8,9)6-4-2-1-3-5-6/h2-11H,1H3,(H,20,22,24)(H,21,23,25);1-5H,(H2,7,8,9). The van der Waals surface area contributed by atoms with Crippen molar-refractivity contribution in [3.63, 3.8) is 0 Å². The molecule has 0 saturated carbocycles. The van der Waals surface area contributed by atoms with Gasteiger partial charge in [-0.1, -0.05) is 53.8 Å². The molecule has 11 nitrogen and oxygen atoms in total. The first-order valence-corrected chi connectivity index (χ1v) is 15.0. The third kappa shape index (κ3) is 7.42. The van der Waals surface area contributed by atoms with E-state index in [0.29, 0.717) is 10.8 Å². The number of sulfonamides is 2. The fourth-order valence-corrected chi connectivity index (χ4v) is 5.71. The number of carbonyl (C=O) groups is 1. The Kier molecular flexibility index (Phi) is 8.30. The molecule has 2 heterocycles. The fourth-order valence-electron chi connectivity index (χ4n) is 3.25. The zero-order valence-electron chi connectivity index (χ0n) is 20.3. The SMILES string of the molecule is CC(=O)Nc1nc2ccc(-c3ccnc(NS(=O)(=O)c4ccccc4)n3)cc2s1.NS(=O)(=O)c1ccccc1. The van der Waals surface area contributed by atoms with E-state index in [2.05, 4.69) is 25.0 Å². The van der Waals surface area contributed by atoms with Crippen molar-refractivity contribution in [3.05, 3.63) is 91.1 Å². The summed E-state index contributed by atoms with van der Waals surface area (Å²) in [7, 11) is -7.28. The Bertz CT molecular complexity index is 1830. The van der Waals surface area contributed by atoms with Crippen molar-refractivity contribution in [1.82, 2.24) is 15.0 Å². The maximum absolute atomic E-state index is 12.5. The maximum Gasteiger partial charge on any atom is 0.264 e. The van der Waals surface area contributed by atoms with Gasteiger partial charge in [0.25, 0.3) is 10.0 Å². The molecule has 0 atom stereocenters. The van der Waals surface area contributed by atoms with Gasteiger partial charge in [0.05, 0.1) is 25.7 Å². The molecule has 0 aliphatic carbocycles. The smallest absolute Gasteiger partial charge is 0.264 e. The molecule has 0 aliphatic rings. The topological polar surface area (TPSA) is 174 Å². The number of nitrogens with two attached hydrogens (primary N) is 1. The Balaban J connectivity index is 0.000000298. The van der Waals surface area contributed by atoms with Crippen LogP contribution in [0.2, 0.25) is 0 Å². The number of nitrogens with one attached hydrogen (secondary N) is 2. The Morgan fingerprint density at radius 2 is 1.49 bits per heavy atom. The van der Waals surface area contributed by atoms with Crippen LogP contribution in [-0.4, -0.2) is 37.7 Å². The van der Waals surface area contributed by atoms with Gasteiger partial charge in [0, 0.05) is 18.7 Å². The molecular weight excluding hydrogens is 561 g/mol. The molecule has 200 valence electrons. The quantitative estimate of drug-likeness (QED) is 0.271. The molecule has 2 aromatic heterocycles. The zero-order valence-corrected chi connectivity index (χ0v) is 22.8. The van der Waals surface area contributed by atoms with Crippen LogP contribution >= 0.6 is 11.3 Å². The van der Waals surface area contributed by atoms with Crippen molar-refractivity contribution in [3.8, 4) is 11.3 Å². The Hall–Kier alpha value is -4.24. The van der Waals surface area contributed by atoms with Gasteiger partial charge in [-0.25, -0.2) is 41.6 Å². The van der Waals surface area contributed by atoms with Gasteiger partial charge >= 0.3 is 0 Å². The van der Waals surface area contributed by atoms with E-state index in [4.69, 9.17) is 5.14 Å². The molecule has 0 unspecified atom stereocenters. The fraction of sp³-hybridized carbons (Fsp3) is 0.0400. The molecule has 0 bridgehead atoms. The van der Waals surface area contributed by atoms with Crippen LogP contribution in [0.15, 0.2) is 101 Å². The van der Waals surface area contributed by atoms with Gasteiger partial charge in [-0.05, 0) is 42.5 Å². The summed E-state index contributed by atoms with van der Waals surface area (Å²) < 4.78 is 49.5. The lowest BCUT2D eigenvalue weighted by atomic mass is 10.1. The summed E-state index contributed by atoms with van der Waals surface area (Å²) in [6.07, 6.45) is 1.49. The second-order valence-corrected chi connectivity index (χ2v) is 12.2. The van der Waals surface area contributed by atoms with Crippen molar-refractivity contribution in [2.45, 2.75) is 16.7 Å². The molecule has 5 rings (SSSR count). The van der Waals surface area contributed by atoms with Crippen LogP contribution in [0.1, 0.15) is 6.92 Å². The number of thiazole rings is 1. The highest BCUT2D eigenvalue weighted by atomic mass is 32.2. The molecule has 5 aromatic rings. The van der Waals surface area contributed by atoms with Crippen LogP contribution in [0.5, 0.6) is 0 Å². The predicted molar refractivity (Wildman–Crippen MR) is 150 cm³/mol. The monoisotopic (exact) mass is 582 g/mol. The van der Waals surface area contributed by atoms with E-state index in [9.17, 15) is 21.6 Å². The first kappa shape index (κ1) is 27.8. The molecule has 1 amide bonds. The Morgan fingerprint density at radius 3 is 2.08 bits per heavy atom. The number of benzene rings is 3. The van der Waals surface area contributed by atoms with Crippen molar-refractivity contribution >= 4 is 58.6 Å². The number of hydrogen-bond donors (Lipinski definition) is 3. The first-order chi connectivity index (χ1) is 18.5.